The van der Waals surface area contributed by atoms with Crippen molar-refractivity contribution in [2.75, 3.05) is 13.6 Å². The second kappa shape index (κ2) is 9.20. The van der Waals surface area contributed by atoms with Crippen LogP contribution in [0.2, 0.25) is 15.1 Å². The largest absolute Gasteiger partial charge is 0.345 e. The lowest BCUT2D eigenvalue weighted by Crippen LogP contribution is -2.29. The quantitative estimate of drug-likeness (QED) is 0.330. The zero-order valence-corrected chi connectivity index (χ0v) is 18.6. The molecular weight excluding hydrogens is 451 g/mol. The molecule has 2 aromatic heterocycles. The van der Waals surface area contributed by atoms with Crippen molar-refractivity contribution in [2.45, 2.75) is 26.2 Å². The number of pyridine rings is 1. The molecule has 3 rings (SSSR count). The monoisotopic (exact) mass is 468 g/mol. The Bertz CT molecular complexity index is 1130. The fourth-order valence-corrected chi connectivity index (χ4v) is 3.82. The van der Waals surface area contributed by atoms with Gasteiger partial charge in [-0.1, -0.05) is 54.2 Å². The Labute approximate surface area is 188 Å². The topological polar surface area (TPSA) is 80.8 Å². The summed E-state index contributed by atoms with van der Waals surface area (Å²) in [5.74, 6) is -0.105. The maximum Gasteiger partial charge on any atom is 0.288 e. The Hall–Kier alpha value is -2.35. The van der Waals surface area contributed by atoms with Crippen LogP contribution in [-0.4, -0.2) is 38.7 Å². The van der Waals surface area contributed by atoms with Gasteiger partial charge < -0.3 is 9.30 Å². The van der Waals surface area contributed by atoms with E-state index >= 15 is 0 Å². The summed E-state index contributed by atoms with van der Waals surface area (Å²) in [6.45, 7) is 2.69. The molecule has 0 fully saturated rings. The molecular formula is C20H19Cl3N4O3. The van der Waals surface area contributed by atoms with Crippen molar-refractivity contribution in [1.82, 2.24) is 14.3 Å². The number of rotatable bonds is 7. The predicted molar refractivity (Wildman–Crippen MR) is 119 cm³/mol. The Morgan fingerprint density at radius 1 is 1.23 bits per heavy atom. The third-order valence-electron chi connectivity index (χ3n) is 4.75. The number of amides is 1. The molecule has 0 saturated carbocycles. The summed E-state index contributed by atoms with van der Waals surface area (Å²) in [5, 5.41) is 12.0. The average Bonchev–Trinajstić information content (AvgIpc) is 3.04. The highest BCUT2D eigenvalue weighted by Crippen LogP contribution is 2.34. The zero-order chi connectivity index (χ0) is 22.0. The van der Waals surface area contributed by atoms with Crippen LogP contribution >= 0.6 is 34.8 Å². The molecule has 0 unspecified atom stereocenters. The van der Waals surface area contributed by atoms with Crippen LogP contribution in [-0.2, 0) is 11.2 Å². The number of halogens is 3. The van der Waals surface area contributed by atoms with Gasteiger partial charge in [0.05, 0.1) is 32.8 Å². The van der Waals surface area contributed by atoms with E-state index in [1.807, 2.05) is 0 Å². The predicted octanol–water partition coefficient (Wildman–Crippen LogP) is 5.67. The van der Waals surface area contributed by atoms with E-state index in [2.05, 4.69) is 11.9 Å². The Kier molecular flexibility index (Phi) is 6.85. The highest BCUT2D eigenvalue weighted by Gasteiger charge is 2.23. The van der Waals surface area contributed by atoms with E-state index in [0.29, 0.717) is 39.2 Å². The van der Waals surface area contributed by atoms with E-state index in [1.165, 1.54) is 12.1 Å². The van der Waals surface area contributed by atoms with Gasteiger partial charge in [0.15, 0.2) is 5.65 Å². The summed E-state index contributed by atoms with van der Waals surface area (Å²) >= 11 is 18.4. The number of nitro benzene ring substituents is 1. The highest BCUT2D eigenvalue weighted by molar-refractivity contribution is 6.36. The molecule has 0 N–H and O–H groups in total. The van der Waals surface area contributed by atoms with Gasteiger partial charge in [-0.05, 0) is 18.6 Å². The fourth-order valence-electron chi connectivity index (χ4n) is 3.12. The van der Waals surface area contributed by atoms with Crippen LogP contribution in [0.5, 0.6) is 0 Å². The molecule has 0 bridgehead atoms. The molecule has 7 nitrogen and oxygen atoms in total. The number of carbonyl (C=O) groups excluding carboxylic acids is 1. The van der Waals surface area contributed by atoms with Gasteiger partial charge in [-0.2, -0.15) is 0 Å². The van der Waals surface area contributed by atoms with Gasteiger partial charge >= 0.3 is 0 Å². The van der Waals surface area contributed by atoms with Crippen molar-refractivity contribution in [1.29, 1.82) is 0 Å². The molecule has 3 aromatic rings. The molecule has 30 heavy (non-hydrogen) atoms. The van der Waals surface area contributed by atoms with Crippen LogP contribution < -0.4 is 0 Å². The SMILES string of the molecule is CCCCN(C)C(=O)Cc1c(-c2ccc(Cl)c([N+](=O)[O-])c2)nc2c(Cl)cc(Cl)cn12. The van der Waals surface area contributed by atoms with E-state index in [9.17, 15) is 14.9 Å². The van der Waals surface area contributed by atoms with Crippen LogP contribution in [0, 0.1) is 10.1 Å². The highest BCUT2D eigenvalue weighted by atomic mass is 35.5. The van der Waals surface area contributed by atoms with Crippen LogP contribution in [0.3, 0.4) is 0 Å². The van der Waals surface area contributed by atoms with Gasteiger partial charge in [-0.15, -0.1) is 0 Å². The molecule has 0 aliphatic carbocycles. The van der Waals surface area contributed by atoms with Crippen molar-refractivity contribution in [3.8, 4) is 11.3 Å². The summed E-state index contributed by atoms with van der Waals surface area (Å²) in [6.07, 6.45) is 3.52. The number of hydrogen-bond donors (Lipinski definition) is 0. The van der Waals surface area contributed by atoms with E-state index in [1.54, 1.807) is 34.7 Å². The molecule has 0 aliphatic rings. The minimum Gasteiger partial charge on any atom is -0.345 e. The van der Waals surface area contributed by atoms with Gasteiger partial charge in [0.25, 0.3) is 5.69 Å². The van der Waals surface area contributed by atoms with Crippen LogP contribution in [0.1, 0.15) is 25.5 Å². The molecule has 0 aliphatic heterocycles. The number of unbranched alkanes of at least 4 members (excludes halogenated alkanes) is 1. The zero-order valence-electron chi connectivity index (χ0n) is 16.4. The molecule has 0 radical (unpaired) electrons. The number of nitrogens with zero attached hydrogens (tertiary/aromatic N) is 4. The Morgan fingerprint density at radius 3 is 2.63 bits per heavy atom. The van der Waals surface area contributed by atoms with Crippen LogP contribution in [0.15, 0.2) is 30.5 Å². The summed E-state index contributed by atoms with van der Waals surface area (Å²) in [4.78, 5) is 29.8. The lowest BCUT2D eigenvalue weighted by atomic mass is 10.1. The molecule has 0 spiro atoms. The normalized spacial score (nSPS) is 11.1. The lowest BCUT2D eigenvalue weighted by Gasteiger charge is -2.17. The first-order chi connectivity index (χ1) is 14.2. The van der Waals surface area contributed by atoms with Crippen molar-refractivity contribution in [2.24, 2.45) is 0 Å². The van der Waals surface area contributed by atoms with Gasteiger partial charge in [-0.25, -0.2) is 4.98 Å². The van der Waals surface area contributed by atoms with Crippen molar-refractivity contribution >= 4 is 52.0 Å². The number of likely N-dealkylation sites (N-methyl/N-ethyl adjacent to an activating group) is 1. The number of carbonyl (C=O) groups is 1. The van der Waals surface area contributed by atoms with Crippen LogP contribution in [0.25, 0.3) is 16.9 Å². The average molecular weight is 470 g/mol. The van der Waals surface area contributed by atoms with Gasteiger partial charge in [0.2, 0.25) is 5.91 Å². The molecule has 1 aromatic carbocycles. The molecule has 158 valence electrons. The summed E-state index contributed by atoms with van der Waals surface area (Å²) in [6, 6.07) is 5.96. The third-order valence-corrected chi connectivity index (χ3v) is 5.55. The second-order valence-electron chi connectivity index (χ2n) is 6.88. The first-order valence-electron chi connectivity index (χ1n) is 9.27. The minimum atomic E-state index is -0.561. The maximum atomic E-state index is 12.8. The molecule has 10 heteroatoms. The number of benzene rings is 1. The molecule has 0 saturated heterocycles. The number of fused-ring (bicyclic) bond motifs is 1. The number of imidazole rings is 1. The van der Waals surface area contributed by atoms with E-state index in [4.69, 9.17) is 34.8 Å². The first kappa shape index (κ1) is 22.3. The van der Waals surface area contributed by atoms with Crippen LogP contribution in [0.4, 0.5) is 5.69 Å². The maximum absolute atomic E-state index is 12.8. The first-order valence-corrected chi connectivity index (χ1v) is 10.4. The minimum absolute atomic E-state index is 0.0190. The Morgan fingerprint density at radius 2 is 1.97 bits per heavy atom. The summed E-state index contributed by atoms with van der Waals surface area (Å²) in [7, 11) is 1.74. The Balaban J connectivity index is 2.16. The molecule has 0 atom stereocenters. The van der Waals surface area contributed by atoms with Crippen molar-refractivity contribution in [3.63, 3.8) is 0 Å². The standard InChI is InChI=1S/C20H19Cl3N4O3/c1-3-4-7-25(2)18(28)10-17-19(12-5-6-14(22)16(8-12)27(29)30)24-20-15(23)9-13(21)11-26(17)20/h5-6,8-9,11H,3-4,7,10H2,1-2H3. The van der Waals surface area contributed by atoms with E-state index in [0.717, 1.165) is 12.8 Å². The summed E-state index contributed by atoms with van der Waals surface area (Å²) < 4.78 is 1.66. The fraction of sp³-hybridized carbons (Fsp3) is 0.300. The van der Waals surface area contributed by atoms with Crippen molar-refractivity contribution in [3.05, 3.63) is 61.3 Å². The van der Waals surface area contributed by atoms with Gasteiger partial charge in [0, 0.05) is 31.4 Å². The molecule has 2 heterocycles. The van der Waals surface area contributed by atoms with Crippen molar-refractivity contribution < 1.29 is 9.72 Å². The number of nitro groups is 1. The number of hydrogen-bond acceptors (Lipinski definition) is 4. The number of aromatic nitrogens is 2. The van der Waals surface area contributed by atoms with E-state index < -0.39 is 4.92 Å². The lowest BCUT2D eigenvalue weighted by molar-refractivity contribution is -0.384. The molecule has 1 amide bonds. The smallest absolute Gasteiger partial charge is 0.288 e. The van der Waals surface area contributed by atoms with E-state index in [-0.39, 0.29) is 23.0 Å². The second-order valence-corrected chi connectivity index (χ2v) is 8.13. The van der Waals surface area contributed by atoms with Gasteiger partial charge in [0.1, 0.15) is 5.02 Å². The third kappa shape index (κ3) is 4.53. The van der Waals surface area contributed by atoms with Gasteiger partial charge in [-0.3, -0.25) is 14.9 Å². The summed E-state index contributed by atoms with van der Waals surface area (Å²) in [5.41, 5.74) is 1.58.